The van der Waals surface area contributed by atoms with E-state index >= 15 is 0 Å². The summed E-state index contributed by atoms with van der Waals surface area (Å²) < 4.78 is 13.0. The van der Waals surface area contributed by atoms with Crippen molar-refractivity contribution < 1.29 is 9.18 Å². The maximum absolute atomic E-state index is 13.0. The molecule has 1 aliphatic heterocycles. The maximum Gasteiger partial charge on any atom is 0.234 e. The first-order valence-corrected chi connectivity index (χ1v) is 8.77. The van der Waals surface area contributed by atoms with E-state index in [0.717, 1.165) is 18.5 Å². The van der Waals surface area contributed by atoms with Crippen LogP contribution in [-0.4, -0.2) is 23.9 Å². The fraction of sp³-hybridized carbons (Fsp3) is 0.389. The van der Waals surface area contributed by atoms with Gasteiger partial charge in [-0.3, -0.25) is 9.69 Å². The van der Waals surface area contributed by atoms with Gasteiger partial charge in [0.2, 0.25) is 5.91 Å². The summed E-state index contributed by atoms with van der Waals surface area (Å²) >= 11 is 1.80. The molecule has 2 atom stereocenters. The monoisotopic (exact) mass is 332 g/mol. The predicted molar refractivity (Wildman–Crippen MR) is 91.0 cm³/mol. The molecular formula is C18H21FN2OS. The lowest BCUT2D eigenvalue weighted by Gasteiger charge is -2.33. The summed E-state index contributed by atoms with van der Waals surface area (Å²) in [5.41, 5.74) is 2.26. The second-order valence-electron chi connectivity index (χ2n) is 6.04. The Morgan fingerprint density at radius 2 is 2.13 bits per heavy atom. The number of hydrogen-bond acceptors (Lipinski definition) is 3. The smallest absolute Gasteiger partial charge is 0.234 e. The van der Waals surface area contributed by atoms with Crippen molar-refractivity contribution in [3.8, 4) is 0 Å². The maximum atomic E-state index is 13.0. The minimum atomic E-state index is -0.263. The molecule has 3 rings (SSSR count). The fourth-order valence-corrected chi connectivity index (χ4v) is 4.05. The van der Waals surface area contributed by atoms with Gasteiger partial charge in [0, 0.05) is 17.5 Å². The lowest BCUT2D eigenvalue weighted by Crippen LogP contribution is -2.42. The van der Waals surface area contributed by atoms with E-state index < -0.39 is 0 Å². The molecule has 0 saturated heterocycles. The van der Waals surface area contributed by atoms with Gasteiger partial charge in [-0.25, -0.2) is 4.39 Å². The number of benzene rings is 1. The van der Waals surface area contributed by atoms with Gasteiger partial charge in [0.1, 0.15) is 5.82 Å². The zero-order valence-corrected chi connectivity index (χ0v) is 14.2. The number of carbonyl (C=O) groups is 1. The van der Waals surface area contributed by atoms with Crippen LogP contribution in [0.4, 0.5) is 4.39 Å². The fourth-order valence-electron chi connectivity index (χ4n) is 3.08. The van der Waals surface area contributed by atoms with Gasteiger partial charge in [-0.15, -0.1) is 11.3 Å². The number of amides is 1. The van der Waals surface area contributed by atoms with Crippen LogP contribution in [0.1, 0.15) is 41.9 Å². The normalized spacial score (nSPS) is 19.2. The Kier molecular flexibility index (Phi) is 4.78. The molecule has 1 aliphatic rings. The summed E-state index contributed by atoms with van der Waals surface area (Å²) in [4.78, 5) is 16.0. The molecule has 0 unspecified atom stereocenters. The SMILES string of the molecule is C[C@H](NC(=O)CN1CCc2sccc2[C@@H]1C)c1ccc(F)cc1. The van der Waals surface area contributed by atoms with Crippen LogP contribution >= 0.6 is 11.3 Å². The summed E-state index contributed by atoms with van der Waals surface area (Å²) in [5.74, 6) is -0.256. The number of rotatable bonds is 4. The van der Waals surface area contributed by atoms with E-state index in [1.165, 1.54) is 22.6 Å². The van der Waals surface area contributed by atoms with Crippen molar-refractivity contribution in [1.29, 1.82) is 0 Å². The number of nitrogens with zero attached hydrogens (tertiary/aromatic N) is 1. The molecule has 0 spiro atoms. The second-order valence-corrected chi connectivity index (χ2v) is 7.04. The van der Waals surface area contributed by atoms with Crippen LogP contribution in [-0.2, 0) is 11.2 Å². The summed E-state index contributed by atoms with van der Waals surface area (Å²) in [5, 5.41) is 5.13. The van der Waals surface area contributed by atoms with Crippen LogP contribution < -0.4 is 5.32 Å². The third-order valence-electron chi connectivity index (χ3n) is 4.50. The summed E-state index contributed by atoms with van der Waals surface area (Å²) in [6.45, 7) is 5.37. The Bertz CT molecular complexity index is 683. The molecule has 1 aromatic carbocycles. The molecule has 2 heterocycles. The van der Waals surface area contributed by atoms with Gasteiger partial charge in [-0.2, -0.15) is 0 Å². The van der Waals surface area contributed by atoms with Crippen LogP contribution in [0, 0.1) is 5.82 Å². The average molecular weight is 332 g/mol. The van der Waals surface area contributed by atoms with Gasteiger partial charge in [0.25, 0.3) is 0 Å². The summed E-state index contributed by atoms with van der Waals surface area (Å²) in [6, 6.07) is 8.57. The highest BCUT2D eigenvalue weighted by Crippen LogP contribution is 2.32. The molecule has 23 heavy (non-hydrogen) atoms. The average Bonchev–Trinajstić information content (AvgIpc) is 3.00. The minimum absolute atomic E-state index is 0.00681. The standard InChI is InChI=1S/C18H21FN2OS/c1-12(14-3-5-15(19)6-4-14)20-18(22)11-21-9-7-17-16(13(21)2)8-10-23-17/h3-6,8,10,12-13H,7,9,11H2,1-2H3,(H,20,22)/t12-,13-/m0/s1. The van der Waals surface area contributed by atoms with E-state index in [9.17, 15) is 9.18 Å². The summed E-state index contributed by atoms with van der Waals surface area (Å²) in [6.07, 6.45) is 1.01. The Balaban J connectivity index is 1.58. The molecular weight excluding hydrogens is 311 g/mol. The molecule has 0 fully saturated rings. The van der Waals surface area contributed by atoms with Crippen LogP contribution in [0.25, 0.3) is 0 Å². The van der Waals surface area contributed by atoms with Crippen LogP contribution in [0.5, 0.6) is 0 Å². The molecule has 1 aromatic heterocycles. The Morgan fingerprint density at radius 3 is 2.87 bits per heavy atom. The van der Waals surface area contributed by atoms with Gasteiger partial charge in [0.15, 0.2) is 0 Å². The molecule has 1 amide bonds. The summed E-state index contributed by atoms with van der Waals surface area (Å²) in [7, 11) is 0. The van der Waals surface area contributed by atoms with E-state index in [1.807, 2.05) is 6.92 Å². The van der Waals surface area contributed by atoms with Crippen molar-refractivity contribution in [2.75, 3.05) is 13.1 Å². The molecule has 0 bridgehead atoms. The Morgan fingerprint density at radius 1 is 1.39 bits per heavy atom. The zero-order valence-electron chi connectivity index (χ0n) is 13.4. The van der Waals surface area contributed by atoms with Crippen molar-refractivity contribution in [1.82, 2.24) is 10.2 Å². The molecule has 3 nitrogen and oxygen atoms in total. The highest BCUT2D eigenvalue weighted by atomic mass is 32.1. The van der Waals surface area contributed by atoms with Gasteiger partial charge >= 0.3 is 0 Å². The number of halogens is 1. The lowest BCUT2D eigenvalue weighted by molar-refractivity contribution is -0.123. The highest BCUT2D eigenvalue weighted by molar-refractivity contribution is 7.10. The van der Waals surface area contributed by atoms with Crippen molar-refractivity contribution in [2.45, 2.75) is 32.4 Å². The van der Waals surface area contributed by atoms with Crippen molar-refractivity contribution >= 4 is 17.2 Å². The van der Waals surface area contributed by atoms with E-state index in [1.54, 1.807) is 23.5 Å². The number of fused-ring (bicyclic) bond motifs is 1. The number of thiophene rings is 1. The molecule has 5 heteroatoms. The number of hydrogen-bond donors (Lipinski definition) is 1. The largest absolute Gasteiger partial charge is 0.348 e. The molecule has 122 valence electrons. The lowest BCUT2D eigenvalue weighted by atomic mass is 10.0. The van der Waals surface area contributed by atoms with E-state index in [0.29, 0.717) is 6.54 Å². The molecule has 0 radical (unpaired) electrons. The molecule has 2 aromatic rings. The quantitative estimate of drug-likeness (QED) is 0.926. The van der Waals surface area contributed by atoms with Gasteiger partial charge < -0.3 is 5.32 Å². The third-order valence-corrected chi connectivity index (χ3v) is 5.49. The minimum Gasteiger partial charge on any atom is -0.348 e. The number of nitrogens with one attached hydrogen (secondary N) is 1. The molecule has 0 aliphatic carbocycles. The first-order chi connectivity index (χ1) is 11.0. The highest BCUT2D eigenvalue weighted by Gasteiger charge is 2.26. The number of carbonyl (C=O) groups excluding carboxylic acids is 1. The topological polar surface area (TPSA) is 32.3 Å². The van der Waals surface area contributed by atoms with E-state index in [2.05, 4.69) is 28.6 Å². The van der Waals surface area contributed by atoms with E-state index in [-0.39, 0.29) is 23.8 Å². The first-order valence-electron chi connectivity index (χ1n) is 7.89. The van der Waals surface area contributed by atoms with E-state index in [4.69, 9.17) is 0 Å². The Hall–Kier alpha value is -1.72. The van der Waals surface area contributed by atoms with Crippen LogP contribution in [0.3, 0.4) is 0 Å². The van der Waals surface area contributed by atoms with Gasteiger partial charge in [-0.1, -0.05) is 12.1 Å². The molecule has 0 saturated carbocycles. The zero-order chi connectivity index (χ0) is 16.4. The van der Waals surface area contributed by atoms with Crippen molar-refractivity contribution in [3.63, 3.8) is 0 Å². The predicted octanol–water partition coefficient (Wildman–Crippen LogP) is 3.68. The second kappa shape index (κ2) is 6.81. The van der Waals surface area contributed by atoms with Crippen LogP contribution in [0.2, 0.25) is 0 Å². The van der Waals surface area contributed by atoms with Crippen molar-refractivity contribution in [3.05, 3.63) is 57.5 Å². The van der Waals surface area contributed by atoms with Gasteiger partial charge in [0.05, 0.1) is 12.6 Å². The van der Waals surface area contributed by atoms with Crippen molar-refractivity contribution in [2.24, 2.45) is 0 Å². The molecule has 1 N–H and O–H groups in total. The van der Waals surface area contributed by atoms with Gasteiger partial charge in [-0.05, 0) is 55.0 Å². The Labute approximate surface area is 140 Å². The first kappa shape index (κ1) is 16.1. The van der Waals surface area contributed by atoms with Crippen LogP contribution in [0.15, 0.2) is 35.7 Å². The third kappa shape index (κ3) is 3.62.